The van der Waals surface area contributed by atoms with E-state index in [4.69, 9.17) is 4.18 Å². The molecule has 0 unspecified atom stereocenters. The van der Waals surface area contributed by atoms with Gasteiger partial charge in [0, 0.05) is 6.42 Å². The Kier molecular flexibility index (Phi) is 8.88. The standard InChI is InChI=1S/C25H41FO5S.Na/c1-16(4-6-18(27)15-26)21-8-9-22-20-7-5-17-14-19(31-32(28,29)30)10-12-24(17,2)23(20)11-13-25(21,22)3;/h16-17,19-23H,4-15H2,1-3H3,(H,28,29,30);/q;+1/p-1/t16-,17+,19+,20-,21+,22-,23-,24-,25+;/m0./s1. The molecule has 5 nitrogen and oxygen atoms in total. The molecule has 4 aliphatic carbocycles. The number of halogens is 1. The van der Waals surface area contributed by atoms with Crippen LogP contribution in [0.15, 0.2) is 0 Å². The molecule has 0 spiro atoms. The second-order valence-corrected chi connectivity index (χ2v) is 13.0. The molecule has 0 radical (unpaired) electrons. The van der Waals surface area contributed by atoms with Crippen molar-refractivity contribution >= 4 is 16.2 Å². The van der Waals surface area contributed by atoms with E-state index in [1.807, 2.05) is 0 Å². The van der Waals surface area contributed by atoms with E-state index in [1.54, 1.807) is 0 Å². The number of ketones is 1. The van der Waals surface area contributed by atoms with Crippen LogP contribution in [0.25, 0.3) is 0 Å². The van der Waals surface area contributed by atoms with Gasteiger partial charge >= 0.3 is 29.6 Å². The van der Waals surface area contributed by atoms with Crippen LogP contribution in [0.1, 0.15) is 91.4 Å². The summed E-state index contributed by atoms with van der Waals surface area (Å²) in [5.41, 5.74) is 0.507. The quantitative estimate of drug-likeness (QED) is 0.308. The van der Waals surface area contributed by atoms with Crippen LogP contribution in [0.5, 0.6) is 0 Å². The molecular formula is C25H40FNaO5S. The van der Waals surface area contributed by atoms with Crippen molar-refractivity contribution in [1.29, 1.82) is 0 Å². The SMILES string of the molecule is C[C@@H](CCC(=O)CF)[C@H]1CC[C@H]2[C@@H]3CC[C@@H]4C[C@H](OS(=O)(=O)[O-])CC[C@]4(C)[C@H]3CC[C@]12C.[Na+]. The van der Waals surface area contributed by atoms with Gasteiger partial charge in [-0.15, -0.1) is 0 Å². The molecule has 9 atom stereocenters. The molecule has 0 aromatic rings. The Morgan fingerprint density at radius 1 is 1.06 bits per heavy atom. The molecule has 33 heavy (non-hydrogen) atoms. The maximum Gasteiger partial charge on any atom is 1.00 e. The summed E-state index contributed by atoms with van der Waals surface area (Å²) in [5, 5.41) is 0. The number of alkyl halides is 1. The van der Waals surface area contributed by atoms with E-state index in [-0.39, 0.29) is 40.8 Å². The molecule has 0 aromatic heterocycles. The fourth-order valence-corrected chi connectivity index (χ4v) is 9.61. The van der Waals surface area contributed by atoms with Crippen molar-refractivity contribution in [2.45, 2.75) is 97.5 Å². The first-order valence-electron chi connectivity index (χ1n) is 12.7. The van der Waals surface area contributed by atoms with Crippen molar-refractivity contribution in [3.8, 4) is 0 Å². The second kappa shape index (κ2) is 10.5. The number of hydrogen-bond acceptors (Lipinski definition) is 5. The molecule has 0 bridgehead atoms. The van der Waals surface area contributed by atoms with Gasteiger partial charge in [-0.2, -0.15) is 0 Å². The molecule has 0 amide bonds. The van der Waals surface area contributed by atoms with Crippen LogP contribution < -0.4 is 29.6 Å². The van der Waals surface area contributed by atoms with Crippen molar-refractivity contribution in [3.63, 3.8) is 0 Å². The first-order valence-corrected chi connectivity index (χ1v) is 14.0. The van der Waals surface area contributed by atoms with Gasteiger partial charge < -0.3 is 4.55 Å². The predicted octanol–water partition coefficient (Wildman–Crippen LogP) is 2.45. The molecule has 4 saturated carbocycles. The number of fused-ring (bicyclic) bond motifs is 5. The maximum absolute atomic E-state index is 12.6. The fourth-order valence-electron chi connectivity index (χ4n) is 9.10. The van der Waals surface area contributed by atoms with Gasteiger partial charge in [0.1, 0.15) is 6.67 Å². The molecule has 0 aliphatic heterocycles. The maximum atomic E-state index is 12.6. The third-order valence-electron chi connectivity index (χ3n) is 10.7. The molecule has 4 rings (SSSR count). The summed E-state index contributed by atoms with van der Waals surface area (Å²) >= 11 is 0. The van der Waals surface area contributed by atoms with Crippen LogP contribution in [0, 0.1) is 46.3 Å². The molecule has 184 valence electrons. The average molecular weight is 495 g/mol. The van der Waals surface area contributed by atoms with Crippen molar-refractivity contribution in [1.82, 2.24) is 0 Å². The zero-order valence-corrected chi connectivity index (χ0v) is 23.7. The summed E-state index contributed by atoms with van der Waals surface area (Å²) in [5.74, 6) is 3.29. The van der Waals surface area contributed by atoms with Gasteiger partial charge in [0.25, 0.3) is 0 Å². The molecular weight excluding hydrogens is 454 g/mol. The van der Waals surface area contributed by atoms with Crippen LogP contribution in [0.4, 0.5) is 4.39 Å². The molecule has 4 fully saturated rings. The normalized spacial score (nSPS) is 43.5. The Balaban J connectivity index is 0.00000306. The number of hydrogen-bond donors (Lipinski definition) is 0. The minimum absolute atomic E-state index is 0. The minimum atomic E-state index is -4.64. The van der Waals surface area contributed by atoms with Crippen LogP contribution >= 0.6 is 0 Å². The van der Waals surface area contributed by atoms with Crippen LogP contribution in [0.3, 0.4) is 0 Å². The number of carbonyl (C=O) groups is 1. The van der Waals surface area contributed by atoms with E-state index in [0.29, 0.717) is 60.2 Å². The molecule has 0 saturated heterocycles. The molecule has 4 aliphatic rings. The van der Waals surface area contributed by atoms with Gasteiger partial charge in [-0.3, -0.25) is 8.98 Å². The summed E-state index contributed by atoms with van der Waals surface area (Å²) in [6, 6.07) is 0. The van der Waals surface area contributed by atoms with Gasteiger partial charge in [0.15, 0.2) is 5.78 Å². The zero-order chi connectivity index (χ0) is 23.3. The van der Waals surface area contributed by atoms with E-state index in [2.05, 4.69) is 20.8 Å². The molecule has 0 aromatic carbocycles. The summed E-state index contributed by atoms with van der Waals surface area (Å²) in [7, 11) is -4.64. The van der Waals surface area contributed by atoms with Crippen molar-refractivity contribution < 1.29 is 55.9 Å². The smallest absolute Gasteiger partial charge is 0.726 e. The van der Waals surface area contributed by atoms with E-state index >= 15 is 0 Å². The van der Waals surface area contributed by atoms with Crippen molar-refractivity contribution in [3.05, 3.63) is 0 Å². The molecule has 0 N–H and O–H groups in total. The van der Waals surface area contributed by atoms with Gasteiger partial charge in [-0.1, -0.05) is 20.8 Å². The largest absolute Gasteiger partial charge is 1.00 e. The van der Waals surface area contributed by atoms with Crippen molar-refractivity contribution in [2.24, 2.45) is 46.3 Å². The summed E-state index contributed by atoms with van der Waals surface area (Å²) in [6.07, 6.45) is 10.2. The van der Waals surface area contributed by atoms with E-state index in [1.165, 1.54) is 32.1 Å². The van der Waals surface area contributed by atoms with Gasteiger partial charge in [-0.25, -0.2) is 12.8 Å². The third-order valence-corrected chi connectivity index (χ3v) is 11.2. The zero-order valence-electron chi connectivity index (χ0n) is 20.9. The molecule has 8 heteroatoms. The Morgan fingerprint density at radius 3 is 2.39 bits per heavy atom. The Hall–Kier alpha value is 0.470. The third kappa shape index (κ3) is 5.44. The van der Waals surface area contributed by atoms with Gasteiger partial charge in [-0.05, 0) is 111 Å². The van der Waals surface area contributed by atoms with Crippen molar-refractivity contribution in [2.75, 3.05) is 6.67 Å². The Bertz CT molecular complexity index is 822. The first-order chi connectivity index (χ1) is 15.0. The Labute approximate surface area is 221 Å². The number of carbonyl (C=O) groups excluding carboxylic acids is 1. The number of rotatable bonds is 7. The Morgan fingerprint density at radius 2 is 1.73 bits per heavy atom. The van der Waals surface area contributed by atoms with Gasteiger partial charge in [0.2, 0.25) is 10.4 Å². The minimum Gasteiger partial charge on any atom is -0.726 e. The van der Waals surface area contributed by atoms with E-state index in [0.717, 1.165) is 19.3 Å². The van der Waals surface area contributed by atoms with E-state index in [9.17, 15) is 22.2 Å². The van der Waals surface area contributed by atoms with Crippen LogP contribution in [0.2, 0.25) is 0 Å². The summed E-state index contributed by atoms with van der Waals surface area (Å²) in [4.78, 5) is 11.5. The average Bonchev–Trinajstić information content (AvgIpc) is 3.08. The summed E-state index contributed by atoms with van der Waals surface area (Å²) < 4.78 is 50.8. The number of Topliss-reactive ketones (excluding diaryl/α,β-unsaturated/α-hetero) is 1. The summed E-state index contributed by atoms with van der Waals surface area (Å²) in [6.45, 7) is 6.32. The molecule has 0 heterocycles. The van der Waals surface area contributed by atoms with Crippen LogP contribution in [-0.4, -0.2) is 31.5 Å². The monoisotopic (exact) mass is 494 g/mol. The van der Waals surface area contributed by atoms with Gasteiger partial charge in [0.05, 0.1) is 6.10 Å². The predicted molar refractivity (Wildman–Crippen MR) is 119 cm³/mol. The topological polar surface area (TPSA) is 83.5 Å². The van der Waals surface area contributed by atoms with E-state index < -0.39 is 23.2 Å². The fraction of sp³-hybridized carbons (Fsp3) is 0.960. The second-order valence-electron chi connectivity index (χ2n) is 12.0. The van der Waals surface area contributed by atoms with Crippen LogP contribution in [-0.2, 0) is 19.4 Å². The first kappa shape index (κ1) is 28.0.